The maximum absolute atomic E-state index is 14.7. The van der Waals surface area contributed by atoms with Gasteiger partial charge in [0.15, 0.2) is 0 Å². The molecule has 2 heterocycles. The molecule has 2 aromatic rings. The minimum Gasteiger partial charge on any atom is -0.444 e. The van der Waals surface area contributed by atoms with Gasteiger partial charge in [-0.2, -0.15) is 0 Å². The van der Waals surface area contributed by atoms with Gasteiger partial charge in [-0.1, -0.05) is 85.2 Å². The number of aliphatic hydroxyl groups excluding tert-OH is 1. The number of benzene rings is 1. The highest BCUT2D eigenvalue weighted by molar-refractivity contribution is 5.90. The molecule has 0 aliphatic carbocycles. The summed E-state index contributed by atoms with van der Waals surface area (Å²) in [6.45, 7) is 21.5. The highest BCUT2D eigenvalue weighted by atomic mass is 16.6. The molecule has 4 unspecified atom stereocenters. The van der Waals surface area contributed by atoms with Crippen LogP contribution < -0.4 is 16.0 Å². The third-order valence-corrected chi connectivity index (χ3v) is 12.7. The van der Waals surface area contributed by atoms with Gasteiger partial charge in [-0.3, -0.25) is 29.4 Å². The minimum atomic E-state index is -0.899. The van der Waals surface area contributed by atoms with Gasteiger partial charge in [-0.25, -0.2) is 9.78 Å². The summed E-state index contributed by atoms with van der Waals surface area (Å²) in [5.74, 6) is -1.85. The summed E-state index contributed by atoms with van der Waals surface area (Å²) in [4.78, 5) is 78.9. The van der Waals surface area contributed by atoms with Crippen LogP contribution in [0.25, 0.3) is 0 Å². The summed E-state index contributed by atoms with van der Waals surface area (Å²) >= 11 is 0. The second-order valence-corrected chi connectivity index (χ2v) is 19.8. The average molecular weight is 924 g/mol. The lowest BCUT2D eigenvalue weighted by Gasteiger charge is -2.41. The summed E-state index contributed by atoms with van der Waals surface area (Å²) < 4.78 is 17.4. The lowest BCUT2D eigenvalue weighted by molar-refractivity contribution is -0.148. The number of hydrogen-bond acceptors (Lipinski definition) is 11. The molecule has 10 atom stereocenters. The second kappa shape index (κ2) is 25.5. The number of rotatable bonds is 23. The van der Waals surface area contributed by atoms with Crippen molar-refractivity contribution in [1.82, 2.24) is 30.3 Å². The van der Waals surface area contributed by atoms with E-state index in [4.69, 9.17) is 14.2 Å². The number of ether oxygens (including phenoxy) is 3. The first-order chi connectivity index (χ1) is 30.9. The quantitative estimate of drug-likeness (QED) is 0.0995. The molecule has 1 aliphatic rings. The predicted octanol–water partition coefficient (Wildman–Crippen LogP) is 6.18. The molecule has 1 aromatic carbocycles. The maximum atomic E-state index is 14.7. The number of anilines is 1. The van der Waals surface area contributed by atoms with Gasteiger partial charge in [0.05, 0.1) is 54.8 Å². The highest BCUT2D eigenvalue weighted by Gasteiger charge is 2.43. The zero-order chi connectivity index (χ0) is 49.6. The molecule has 1 saturated heterocycles. The van der Waals surface area contributed by atoms with Gasteiger partial charge in [0.25, 0.3) is 0 Å². The molecule has 3 rings (SSSR count). The Hall–Kier alpha value is -4.64. The Morgan fingerprint density at radius 1 is 0.909 bits per heavy atom. The number of aromatic nitrogens is 1. The molecule has 1 fully saturated rings. The summed E-state index contributed by atoms with van der Waals surface area (Å²) in [6, 6.07) is 9.76. The molecular weight excluding hydrogens is 843 g/mol. The Morgan fingerprint density at radius 2 is 1.56 bits per heavy atom. The van der Waals surface area contributed by atoms with Crippen molar-refractivity contribution in [1.29, 1.82) is 0 Å². The van der Waals surface area contributed by atoms with Crippen molar-refractivity contribution in [3.05, 3.63) is 59.8 Å². The zero-order valence-electron chi connectivity index (χ0n) is 42.3. The van der Waals surface area contributed by atoms with E-state index >= 15 is 0 Å². The van der Waals surface area contributed by atoms with Crippen molar-refractivity contribution < 1.29 is 43.3 Å². The molecule has 1 aliphatic heterocycles. The number of likely N-dealkylation sites (tertiary alicyclic amines) is 1. The predicted molar refractivity (Wildman–Crippen MR) is 256 cm³/mol. The number of amides is 5. The van der Waals surface area contributed by atoms with Gasteiger partial charge in [0, 0.05) is 40.6 Å². The first kappa shape index (κ1) is 55.7. The SMILES string of the molecule is CC[C@H](C)[C@@H](C(CC(=O)N1CCC[C@H]1C(OC)C(C)C(=O)N[C@H](C)C(O)c1ccccc1)OC)N(C)C(=O)[C@@H](NC(=O)[C@H](C(C)C)N(C)Cc1ccnc(NC(=O)OC(C)(C)C)c1)C(C)C. The molecule has 0 saturated carbocycles. The van der Waals surface area contributed by atoms with E-state index in [-0.39, 0.29) is 53.8 Å². The van der Waals surface area contributed by atoms with E-state index in [1.165, 1.54) is 0 Å². The van der Waals surface area contributed by atoms with Crippen LogP contribution in [0.4, 0.5) is 10.6 Å². The molecule has 0 spiro atoms. The van der Waals surface area contributed by atoms with E-state index in [1.54, 1.807) is 77.9 Å². The summed E-state index contributed by atoms with van der Waals surface area (Å²) in [7, 11) is 6.65. The van der Waals surface area contributed by atoms with Gasteiger partial charge < -0.3 is 39.8 Å². The number of hydrogen-bond donors (Lipinski definition) is 4. The van der Waals surface area contributed by atoms with E-state index in [1.807, 2.05) is 89.9 Å². The second-order valence-electron chi connectivity index (χ2n) is 19.8. The standard InChI is InChI=1S/C50H81N7O9/c1-16-32(6)43(38(64-14)28-40(58)57-26-20-23-37(57)45(65-15)33(7)46(60)52-34(8)44(59)36-21-18-17-19-22-36)56(13)48(62)41(30(2)3)54-47(61)42(31(4)5)55(12)29-35-24-25-51-39(27-35)53-49(63)66-50(9,10)11/h17-19,21-22,24-25,27,30-34,37-38,41-45,59H,16,20,23,26,28-29H2,1-15H3,(H,52,60)(H,54,61)(H,51,53,63)/t32-,33?,34+,37-,38?,41-,42-,43-,44?,45?/m0/s1. The van der Waals surface area contributed by atoms with Crippen LogP contribution in [0.2, 0.25) is 0 Å². The molecule has 5 amide bonds. The van der Waals surface area contributed by atoms with Crippen LogP contribution in [0.1, 0.15) is 119 Å². The zero-order valence-corrected chi connectivity index (χ0v) is 42.3. The van der Waals surface area contributed by atoms with Crippen LogP contribution in [-0.4, -0.2) is 137 Å². The van der Waals surface area contributed by atoms with Crippen molar-refractivity contribution in [2.45, 2.75) is 163 Å². The molecule has 0 bridgehead atoms. The fourth-order valence-corrected chi connectivity index (χ4v) is 9.10. The van der Waals surface area contributed by atoms with E-state index in [0.717, 1.165) is 12.0 Å². The Bertz CT molecular complexity index is 1880. The largest absolute Gasteiger partial charge is 0.444 e. The number of likely N-dealkylation sites (N-methyl/N-ethyl adjacent to an activating group) is 2. The topological polar surface area (TPSA) is 192 Å². The molecule has 4 N–H and O–H groups in total. The van der Waals surface area contributed by atoms with Gasteiger partial charge in [0.2, 0.25) is 23.6 Å². The fraction of sp³-hybridized carbons (Fsp3) is 0.680. The van der Waals surface area contributed by atoms with Crippen molar-refractivity contribution in [2.24, 2.45) is 23.7 Å². The molecule has 66 heavy (non-hydrogen) atoms. The van der Waals surface area contributed by atoms with Crippen LogP contribution in [0, 0.1) is 23.7 Å². The number of carbonyl (C=O) groups excluding carboxylic acids is 5. The summed E-state index contributed by atoms with van der Waals surface area (Å²) in [6.07, 6.45) is 0.831. The average Bonchev–Trinajstić information content (AvgIpc) is 3.74. The summed E-state index contributed by atoms with van der Waals surface area (Å²) in [5, 5.41) is 19.6. The maximum Gasteiger partial charge on any atom is 0.413 e. The van der Waals surface area contributed by atoms with Crippen LogP contribution >= 0.6 is 0 Å². The molecule has 370 valence electrons. The number of carbonyl (C=O) groups is 5. The Kier molecular flexibility index (Phi) is 21.5. The normalized spacial score (nSPS) is 18.4. The number of pyridine rings is 1. The van der Waals surface area contributed by atoms with Gasteiger partial charge >= 0.3 is 6.09 Å². The van der Waals surface area contributed by atoms with Gasteiger partial charge in [0.1, 0.15) is 17.5 Å². The Balaban J connectivity index is 1.76. The van der Waals surface area contributed by atoms with E-state index in [9.17, 15) is 29.1 Å². The number of methoxy groups -OCH3 is 2. The lowest BCUT2D eigenvalue weighted by atomic mass is 9.89. The van der Waals surface area contributed by atoms with Crippen molar-refractivity contribution in [2.75, 3.05) is 40.2 Å². The molecule has 1 aromatic heterocycles. The number of aliphatic hydroxyl groups is 1. The Morgan fingerprint density at radius 3 is 2.12 bits per heavy atom. The number of nitrogens with zero attached hydrogens (tertiary/aromatic N) is 4. The van der Waals surface area contributed by atoms with E-state index < -0.39 is 60.1 Å². The lowest BCUT2D eigenvalue weighted by Crippen LogP contribution is -2.60. The first-order valence-electron chi connectivity index (χ1n) is 23.6. The molecule has 16 nitrogen and oxygen atoms in total. The Labute approximate surface area is 394 Å². The van der Waals surface area contributed by atoms with E-state index in [0.29, 0.717) is 37.3 Å². The molecule has 16 heteroatoms. The van der Waals surface area contributed by atoms with E-state index in [2.05, 4.69) is 20.9 Å². The van der Waals surface area contributed by atoms with Crippen LogP contribution in [-0.2, 0) is 39.9 Å². The van der Waals surface area contributed by atoms with Crippen LogP contribution in [0.5, 0.6) is 0 Å². The third kappa shape index (κ3) is 15.5. The summed E-state index contributed by atoms with van der Waals surface area (Å²) in [5.41, 5.74) is 0.836. The highest BCUT2D eigenvalue weighted by Crippen LogP contribution is 2.30. The molecular formula is C50H81N7O9. The van der Waals surface area contributed by atoms with Crippen molar-refractivity contribution in [3.63, 3.8) is 0 Å². The first-order valence-corrected chi connectivity index (χ1v) is 23.6. The van der Waals surface area contributed by atoms with Crippen molar-refractivity contribution >= 4 is 35.5 Å². The smallest absolute Gasteiger partial charge is 0.413 e. The fourth-order valence-electron chi connectivity index (χ4n) is 9.10. The number of nitrogens with one attached hydrogen (secondary N) is 3. The van der Waals surface area contributed by atoms with Gasteiger partial charge in [-0.05, 0) is 88.6 Å². The van der Waals surface area contributed by atoms with Crippen molar-refractivity contribution in [3.8, 4) is 0 Å². The third-order valence-electron chi connectivity index (χ3n) is 12.7. The van der Waals surface area contributed by atoms with Gasteiger partial charge in [-0.15, -0.1) is 0 Å². The molecule has 0 radical (unpaired) electrons. The van der Waals surface area contributed by atoms with Crippen LogP contribution in [0.15, 0.2) is 48.7 Å². The minimum absolute atomic E-state index is 0.0140. The van der Waals surface area contributed by atoms with Crippen LogP contribution in [0.3, 0.4) is 0 Å². The monoisotopic (exact) mass is 924 g/mol.